The molecular weight excluding hydrogens is 177 g/mol. The average molecular weight is 201 g/mol. The van der Waals surface area contributed by atoms with Crippen LogP contribution in [0.1, 0.15) is 51.9 Å². The molecule has 2 unspecified atom stereocenters. The van der Waals surface area contributed by atoms with Gasteiger partial charge < -0.3 is 5.32 Å². The summed E-state index contributed by atoms with van der Waals surface area (Å²) in [5, 5.41) is 3.11. The first kappa shape index (κ1) is 12.0. The molecule has 0 aliphatic heterocycles. The maximum atomic E-state index is 13.9. The second kappa shape index (κ2) is 6.39. The summed E-state index contributed by atoms with van der Waals surface area (Å²) >= 11 is 0. The lowest BCUT2D eigenvalue weighted by Crippen LogP contribution is -2.28. The van der Waals surface area contributed by atoms with Gasteiger partial charge in [0.15, 0.2) is 0 Å². The highest BCUT2D eigenvalue weighted by molar-refractivity contribution is 4.75. The van der Waals surface area contributed by atoms with Crippen LogP contribution in [0.5, 0.6) is 0 Å². The molecule has 0 aromatic heterocycles. The molecule has 1 fully saturated rings. The summed E-state index contributed by atoms with van der Waals surface area (Å²) in [6.07, 6.45) is 7.40. The minimum atomic E-state index is -0.587. The van der Waals surface area contributed by atoms with Crippen LogP contribution in [0.3, 0.4) is 0 Å². The van der Waals surface area contributed by atoms with Crippen molar-refractivity contribution in [2.45, 2.75) is 64.1 Å². The van der Waals surface area contributed by atoms with Crippen molar-refractivity contribution in [3.63, 3.8) is 0 Å². The van der Waals surface area contributed by atoms with Gasteiger partial charge in [-0.3, -0.25) is 0 Å². The van der Waals surface area contributed by atoms with Gasteiger partial charge >= 0.3 is 0 Å². The normalized spacial score (nSPS) is 24.2. The molecule has 1 nitrogen and oxygen atoms in total. The lowest BCUT2D eigenvalue weighted by atomic mass is 9.91. The number of halogens is 1. The van der Waals surface area contributed by atoms with Gasteiger partial charge in [0.1, 0.15) is 6.17 Å². The summed E-state index contributed by atoms with van der Waals surface area (Å²) in [5.74, 6) is 0.341. The molecule has 0 aromatic carbocycles. The molecule has 1 saturated carbocycles. The molecule has 0 amide bonds. The van der Waals surface area contributed by atoms with Gasteiger partial charge in [-0.15, -0.1) is 0 Å². The highest BCUT2D eigenvalue weighted by Gasteiger charge is 2.23. The van der Waals surface area contributed by atoms with E-state index < -0.39 is 6.17 Å². The molecule has 1 aliphatic rings. The van der Waals surface area contributed by atoms with Crippen molar-refractivity contribution in [3.05, 3.63) is 0 Å². The Hall–Kier alpha value is -0.110. The summed E-state index contributed by atoms with van der Waals surface area (Å²) in [6.45, 7) is 2.06. The first-order chi connectivity index (χ1) is 6.74. The van der Waals surface area contributed by atoms with Gasteiger partial charge in [-0.25, -0.2) is 4.39 Å². The molecule has 0 heterocycles. The molecule has 1 aliphatic carbocycles. The molecule has 2 atom stereocenters. The third-order valence-electron chi connectivity index (χ3n) is 3.48. The van der Waals surface area contributed by atoms with Crippen LogP contribution < -0.4 is 5.32 Å². The van der Waals surface area contributed by atoms with E-state index in [1.54, 1.807) is 0 Å². The van der Waals surface area contributed by atoms with Crippen molar-refractivity contribution in [3.8, 4) is 0 Å². The van der Waals surface area contributed by atoms with Crippen LogP contribution in [-0.2, 0) is 0 Å². The monoisotopic (exact) mass is 201 g/mol. The Balaban J connectivity index is 2.30. The van der Waals surface area contributed by atoms with Crippen LogP contribution in [0.2, 0.25) is 0 Å². The van der Waals surface area contributed by atoms with Crippen molar-refractivity contribution in [2.75, 3.05) is 7.05 Å². The second-order valence-corrected chi connectivity index (χ2v) is 4.69. The Morgan fingerprint density at radius 2 is 1.79 bits per heavy atom. The van der Waals surface area contributed by atoms with Gasteiger partial charge in [-0.1, -0.05) is 25.7 Å². The smallest absolute Gasteiger partial charge is 0.104 e. The average Bonchev–Trinajstić information content (AvgIpc) is 2.45. The van der Waals surface area contributed by atoms with Gasteiger partial charge in [-0.2, -0.15) is 0 Å². The molecule has 0 spiro atoms. The number of nitrogens with one attached hydrogen (secondary N) is 1. The van der Waals surface area contributed by atoms with Crippen LogP contribution in [-0.4, -0.2) is 19.3 Å². The Morgan fingerprint density at radius 3 is 2.29 bits per heavy atom. The van der Waals surface area contributed by atoms with E-state index in [0.717, 1.165) is 12.8 Å². The molecule has 0 bridgehead atoms. The van der Waals surface area contributed by atoms with Crippen LogP contribution >= 0.6 is 0 Å². The van der Waals surface area contributed by atoms with Gasteiger partial charge in [0.2, 0.25) is 0 Å². The molecule has 14 heavy (non-hydrogen) atoms. The quantitative estimate of drug-likeness (QED) is 0.688. The molecule has 0 radical (unpaired) electrons. The summed E-state index contributed by atoms with van der Waals surface area (Å²) < 4.78 is 13.9. The summed E-state index contributed by atoms with van der Waals surface area (Å²) in [4.78, 5) is 0. The van der Waals surface area contributed by atoms with E-state index in [9.17, 15) is 4.39 Å². The van der Waals surface area contributed by atoms with E-state index in [2.05, 4.69) is 12.2 Å². The summed E-state index contributed by atoms with van der Waals surface area (Å²) in [5.41, 5.74) is 0. The number of hydrogen-bond acceptors (Lipinski definition) is 1. The number of alkyl halides is 1. The molecule has 1 rings (SSSR count). The summed E-state index contributed by atoms with van der Waals surface area (Å²) in [6, 6.07) is 0.313. The zero-order chi connectivity index (χ0) is 10.4. The van der Waals surface area contributed by atoms with E-state index in [-0.39, 0.29) is 0 Å². The topological polar surface area (TPSA) is 12.0 Å². The SMILES string of the molecule is CNC(C)CC(F)C1CCCCCC1. The molecule has 84 valence electrons. The van der Waals surface area contributed by atoms with Crippen molar-refractivity contribution in [1.82, 2.24) is 5.32 Å². The minimum absolute atomic E-state index is 0.313. The Bertz CT molecular complexity index is 141. The third kappa shape index (κ3) is 3.95. The first-order valence-corrected chi connectivity index (χ1v) is 6.05. The highest BCUT2D eigenvalue weighted by atomic mass is 19.1. The Kier molecular flexibility index (Phi) is 5.46. The van der Waals surface area contributed by atoms with Crippen molar-refractivity contribution in [2.24, 2.45) is 5.92 Å². The lowest BCUT2D eigenvalue weighted by Gasteiger charge is -2.21. The lowest BCUT2D eigenvalue weighted by molar-refractivity contribution is 0.183. The second-order valence-electron chi connectivity index (χ2n) is 4.69. The Labute approximate surface area is 87.5 Å². The van der Waals surface area contributed by atoms with Crippen molar-refractivity contribution in [1.29, 1.82) is 0 Å². The van der Waals surface area contributed by atoms with Crippen LogP contribution in [0.15, 0.2) is 0 Å². The summed E-state index contributed by atoms with van der Waals surface area (Å²) in [7, 11) is 1.91. The van der Waals surface area contributed by atoms with Crippen molar-refractivity contribution >= 4 is 0 Å². The fraction of sp³-hybridized carbons (Fsp3) is 1.00. The van der Waals surface area contributed by atoms with Crippen LogP contribution in [0.4, 0.5) is 4.39 Å². The maximum Gasteiger partial charge on any atom is 0.104 e. The Morgan fingerprint density at radius 1 is 1.21 bits per heavy atom. The molecule has 1 N–H and O–H groups in total. The van der Waals surface area contributed by atoms with Gasteiger partial charge in [0.05, 0.1) is 0 Å². The van der Waals surface area contributed by atoms with E-state index in [1.165, 1.54) is 25.7 Å². The van der Waals surface area contributed by atoms with E-state index in [4.69, 9.17) is 0 Å². The number of rotatable bonds is 4. The molecule has 0 saturated heterocycles. The van der Waals surface area contributed by atoms with Gasteiger partial charge in [0, 0.05) is 6.04 Å². The molecule has 2 heteroatoms. The predicted molar refractivity (Wildman–Crippen MR) is 59.2 cm³/mol. The fourth-order valence-electron chi connectivity index (χ4n) is 2.32. The zero-order valence-electron chi connectivity index (χ0n) is 9.56. The number of hydrogen-bond donors (Lipinski definition) is 1. The third-order valence-corrected chi connectivity index (χ3v) is 3.48. The predicted octanol–water partition coefficient (Wildman–Crippen LogP) is 3.29. The maximum absolute atomic E-state index is 13.9. The first-order valence-electron chi connectivity index (χ1n) is 6.05. The van der Waals surface area contributed by atoms with Crippen molar-refractivity contribution < 1.29 is 4.39 Å². The standard InChI is InChI=1S/C12H24FN/c1-10(14-2)9-12(13)11-7-5-3-4-6-8-11/h10-12,14H,3-9H2,1-2H3. The largest absolute Gasteiger partial charge is 0.317 e. The van der Waals surface area contributed by atoms with Gasteiger partial charge in [0.25, 0.3) is 0 Å². The zero-order valence-corrected chi connectivity index (χ0v) is 9.56. The van der Waals surface area contributed by atoms with E-state index in [1.807, 2.05) is 7.05 Å². The fourth-order valence-corrected chi connectivity index (χ4v) is 2.32. The van der Waals surface area contributed by atoms with E-state index in [0.29, 0.717) is 18.4 Å². The van der Waals surface area contributed by atoms with Crippen LogP contribution in [0.25, 0.3) is 0 Å². The molecule has 0 aromatic rings. The minimum Gasteiger partial charge on any atom is -0.317 e. The van der Waals surface area contributed by atoms with E-state index >= 15 is 0 Å². The highest BCUT2D eigenvalue weighted by Crippen LogP contribution is 2.29. The molecular formula is C12H24FN. The van der Waals surface area contributed by atoms with Crippen LogP contribution in [0, 0.1) is 5.92 Å². The van der Waals surface area contributed by atoms with Gasteiger partial charge in [-0.05, 0) is 39.2 Å².